The van der Waals surface area contributed by atoms with E-state index >= 15 is 0 Å². The van der Waals surface area contributed by atoms with E-state index in [9.17, 15) is 9.18 Å². The fourth-order valence-electron chi connectivity index (χ4n) is 3.62. The van der Waals surface area contributed by atoms with Gasteiger partial charge in [-0.25, -0.2) is 4.39 Å². The largest absolute Gasteiger partial charge is 0.352 e. The van der Waals surface area contributed by atoms with Crippen molar-refractivity contribution < 1.29 is 13.7 Å². The third kappa shape index (κ3) is 5.10. The first-order chi connectivity index (χ1) is 14.6. The number of aryl methyl sites for hydroxylation is 1. The second kappa shape index (κ2) is 9.17. The van der Waals surface area contributed by atoms with Gasteiger partial charge in [-0.05, 0) is 62.7 Å². The SMILES string of the molecule is Cc1ccc(-c2nc(CN3CCC(C(=O)NCc4ccc(F)cc4)CC3)no2)cc1. The number of benzene rings is 2. The molecule has 2 aromatic carbocycles. The van der Waals surface area contributed by atoms with Crippen LogP contribution in [0.2, 0.25) is 0 Å². The number of likely N-dealkylation sites (tertiary alicyclic amines) is 1. The number of hydrogen-bond acceptors (Lipinski definition) is 5. The summed E-state index contributed by atoms with van der Waals surface area (Å²) in [6.45, 7) is 4.69. The van der Waals surface area contributed by atoms with E-state index in [1.807, 2.05) is 31.2 Å². The van der Waals surface area contributed by atoms with E-state index in [1.54, 1.807) is 12.1 Å². The van der Waals surface area contributed by atoms with Crippen LogP contribution in [0.25, 0.3) is 11.5 Å². The van der Waals surface area contributed by atoms with Crippen molar-refractivity contribution in [2.75, 3.05) is 13.1 Å². The molecule has 2 heterocycles. The first-order valence-electron chi connectivity index (χ1n) is 10.2. The van der Waals surface area contributed by atoms with E-state index in [4.69, 9.17) is 4.52 Å². The molecule has 1 N–H and O–H groups in total. The summed E-state index contributed by atoms with van der Waals surface area (Å²) < 4.78 is 18.4. The standard InChI is InChI=1S/C23H25FN4O2/c1-16-2-6-19(7-3-16)23-26-21(27-30-23)15-28-12-10-18(11-13-28)22(29)25-14-17-4-8-20(24)9-5-17/h2-9,18H,10-15H2,1H3,(H,25,29). The van der Waals surface area contributed by atoms with Crippen LogP contribution in [0.15, 0.2) is 53.1 Å². The zero-order chi connectivity index (χ0) is 20.9. The quantitative estimate of drug-likeness (QED) is 0.673. The summed E-state index contributed by atoms with van der Waals surface area (Å²) in [4.78, 5) is 19.2. The highest BCUT2D eigenvalue weighted by Gasteiger charge is 2.25. The molecule has 1 aromatic heterocycles. The lowest BCUT2D eigenvalue weighted by molar-refractivity contribution is -0.126. The van der Waals surface area contributed by atoms with Crippen LogP contribution in [0, 0.1) is 18.7 Å². The first kappa shape index (κ1) is 20.2. The molecule has 1 aliphatic heterocycles. The third-order valence-electron chi connectivity index (χ3n) is 5.47. The first-order valence-corrected chi connectivity index (χ1v) is 10.2. The molecule has 156 valence electrons. The summed E-state index contributed by atoms with van der Waals surface area (Å²) in [5, 5.41) is 7.06. The Bertz CT molecular complexity index is 977. The Hall–Kier alpha value is -3.06. The van der Waals surface area contributed by atoms with Crippen LogP contribution in [0.5, 0.6) is 0 Å². The van der Waals surface area contributed by atoms with Gasteiger partial charge in [0.2, 0.25) is 5.91 Å². The summed E-state index contributed by atoms with van der Waals surface area (Å²) in [5.74, 6) is 0.963. The smallest absolute Gasteiger partial charge is 0.257 e. The van der Waals surface area contributed by atoms with Crippen LogP contribution in [0.4, 0.5) is 4.39 Å². The van der Waals surface area contributed by atoms with Gasteiger partial charge >= 0.3 is 0 Å². The maximum absolute atomic E-state index is 13.0. The fourth-order valence-corrected chi connectivity index (χ4v) is 3.62. The van der Waals surface area contributed by atoms with E-state index in [1.165, 1.54) is 17.7 Å². The second-order valence-electron chi connectivity index (χ2n) is 7.78. The average Bonchev–Trinajstić information content (AvgIpc) is 3.22. The monoisotopic (exact) mass is 408 g/mol. The van der Waals surface area contributed by atoms with Crippen LogP contribution < -0.4 is 5.32 Å². The number of halogens is 1. The molecular formula is C23H25FN4O2. The maximum Gasteiger partial charge on any atom is 0.257 e. The number of amides is 1. The Morgan fingerprint density at radius 3 is 2.53 bits per heavy atom. The predicted octanol–water partition coefficient (Wildman–Crippen LogP) is 3.71. The molecule has 1 saturated heterocycles. The Balaban J connectivity index is 1.24. The number of nitrogens with zero attached hydrogens (tertiary/aromatic N) is 3. The van der Waals surface area contributed by atoms with Gasteiger partial charge in [0.15, 0.2) is 5.82 Å². The lowest BCUT2D eigenvalue weighted by atomic mass is 9.96. The van der Waals surface area contributed by atoms with Crippen molar-refractivity contribution in [3.05, 3.63) is 71.3 Å². The molecule has 3 aromatic rings. The minimum Gasteiger partial charge on any atom is -0.352 e. The molecule has 0 radical (unpaired) electrons. The highest BCUT2D eigenvalue weighted by molar-refractivity contribution is 5.78. The Labute approximate surface area is 175 Å². The topological polar surface area (TPSA) is 71.3 Å². The predicted molar refractivity (Wildman–Crippen MR) is 111 cm³/mol. The maximum atomic E-state index is 13.0. The minimum absolute atomic E-state index is 0.00455. The molecule has 0 aliphatic carbocycles. The Morgan fingerprint density at radius 1 is 1.13 bits per heavy atom. The second-order valence-corrected chi connectivity index (χ2v) is 7.78. The van der Waals surface area contributed by atoms with Gasteiger partial charge in [-0.15, -0.1) is 0 Å². The van der Waals surface area contributed by atoms with Gasteiger partial charge in [0.25, 0.3) is 5.89 Å². The molecule has 4 rings (SSSR count). The number of carbonyl (C=O) groups excluding carboxylic acids is 1. The van der Waals surface area contributed by atoms with Crippen molar-refractivity contribution in [1.29, 1.82) is 0 Å². The van der Waals surface area contributed by atoms with E-state index in [-0.39, 0.29) is 17.6 Å². The molecule has 0 atom stereocenters. The molecule has 1 aliphatic rings. The van der Waals surface area contributed by atoms with Crippen LogP contribution in [0.3, 0.4) is 0 Å². The van der Waals surface area contributed by atoms with E-state index in [0.29, 0.717) is 24.8 Å². The molecular weight excluding hydrogens is 383 g/mol. The van der Waals surface area contributed by atoms with Crippen LogP contribution in [0.1, 0.15) is 29.8 Å². The minimum atomic E-state index is -0.273. The summed E-state index contributed by atoms with van der Waals surface area (Å²) in [6.07, 6.45) is 1.58. The number of hydrogen-bond donors (Lipinski definition) is 1. The molecule has 7 heteroatoms. The van der Waals surface area contributed by atoms with Gasteiger partial charge < -0.3 is 9.84 Å². The van der Waals surface area contributed by atoms with Gasteiger partial charge in [-0.3, -0.25) is 9.69 Å². The molecule has 0 unspecified atom stereocenters. The molecule has 1 fully saturated rings. The number of aromatic nitrogens is 2. The lowest BCUT2D eigenvalue weighted by Crippen LogP contribution is -2.40. The summed E-state index contributed by atoms with van der Waals surface area (Å²) in [6, 6.07) is 14.2. The Morgan fingerprint density at radius 2 is 1.83 bits per heavy atom. The van der Waals surface area contributed by atoms with E-state index < -0.39 is 0 Å². The third-order valence-corrected chi connectivity index (χ3v) is 5.47. The molecule has 6 nitrogen and oxygen atoms in total. The van der Waals surface area contributed by atoms with Crippen molar-refractivity contribution in [2.45, 2.75) is 32.9 Å². The lowest BCUT2D eigenvalue weighted by Gasteiger charge is -2.30. The summed E-state index contributed by atoms with van der Waals surface area (Å²) in [7, 11) is 0. The highest BCUT2D eigenvalue weighted by atomic mass is 19.1. The molecule has 0 bridgehead atoms. The van der Waals surface area contributed by atoms with Crippen LogP contribution in [-0.2, 0) is 17.9 Å². The van der Waals surface area contributed by atoms with Crippen molar-refractivity contribution in [3.63, 3.8) is 0 Å². The highest BCUT2D eigenvalue weighted by Crippen LogP contribution is 2.21. The van der Waals surface area contributed by atoms with Gasteiger partial charge in [0.05, 0.1) is 6.54 Å². The van der Waals surface area contributed by atoms with Gasteiger partial charge in [0, 0.05) is 18.0 Å². The van der Waals surface area contributed by atoms with Crippen molar-refractivity contribution in [1.82, 2.24) is 20.4 Å². The number of rotatable bonds is 6. The van der Waals surface area contributed by atoms with Gasteiger partial charge in [-0.1, -0.05) is 35.0 Å². The molecule has 0 spiro atoms. The molecule has 0 saturated carbocycles. The van der Waals surface area contributed by atoms with E-state index in [2.05, 4.69) is 20.4 Å². The summed E-state index contributed by atoms with van der Waals surface area (Å²) in [5.41, 5.74) is 2.99. The van der Waals surface area contributed by atoms with Crippen molar-refractivity contribution in [2.24, 2.45) is 5.92 Å². The van der Waals surface area contributed by atoms with Gasteiger partial charge in [-0.2, -0.15) is 4.98 Å². The zero-order valence-corrected chi connectivity index (χ0v) is 17.0. The molecule has 1 amide bonds. The summed E-state index contributed by atoms with van der Waals surface area (Å²) >= 11 is 0. The van der Waals surface area contributed by atoms with E-state index in [0.717, 1.165) is 37.1 Å². The number of carbonyl (C=O) groups is 1. The fraction of sp³-hybridized carbons (Fsp3) is 0.348. The van der Waals surface area contributed by atoms with Gasteiger partial charge in [0.1, 0.15) is 5.82 Å². The number of nitrogens with one attached hydrogen (secondary N) is 1. The van der Waals surface area contributed by atoms with Crippen molar-refractivity contribution >= 4 is 5.91 Å². The van der Waals surface area contributed by atoms with Crippen LogP contribution in [-0.4, -0.2) is 34.0 Å². The average molecular weight is 408 g/mol. The normalized spacial score (nSPS) is 15.3. The van der Waals surface area contributed by atoms with Crippen molar-refractivity contribution in [3.8, 4) is 11.5 Å². The zero-order valence-electron chi connectivity index (χ0n) is 17.0. The Kier molecular flexibility index (Phi) is 6.18. The molecule has 30 heavy (non-hydrogen) atoms. The van der Waals surface area contributed by atoms with Crippen LogP contribution >= 0.6 is 0 Å². The number of piperidine rings is 1.